The Morgan fingerprint density at radius 1 is 1.25 bits per heavy atom. The van der Waals surface area contributed by atoms with Gasteiger partial charge >= 0.3 is 11.8 Å². The Hall–Kier alpha value is -3.90. The number of carbonyl (C=O) groups is 3. The van der Waals surface area contributed by atoms with E-state index in [1.165, 1.54) is 30.1 Å². The van der Waals surface area contributed by atoms with Crippen molar-refractivity contribution in [1.29, 1.82) is 0 Å². The zero-order valence-electron chi connectivity index (χ0n) is 17.4. The molecule has 0 saturated heterocycles. The van der Waals surface area contributed by atoms with Crippen LogP contribution in [-0.2, 0) is 20.9 Å². The molecule has 1 heterocycles. The van der Waals surface area contributed by atoms with Gasteiger partial charge in [0.1, 0.15) is 24.2 Å². The maximum Gasteiger partial charge on any atom is 0.310 e. The normalized spacial score (nSPS) is 14.9. The molecule has 3 rings (SSSR count). The summed E-state index contributed by atoms with van der Waals surface area (Å²) >= 11 is 0. The second kappa shape index (κ2) is 10.4. The molecule has 0 radical (unpaired) electrons. The van der Waals surface area contributed by atoms with Crippen molar-refractivity contribution in [1.82, 2.24) is 10.6 Å². The second-order valence-corrected chi connectivity index (χ2v) is 7.00. The van der Waals surface area contributed by atoms with Gasteiger partial charge in [-0.1, -0.05) is 24.0 Å². The molecule has 0 aromatic heterocycles. The Kier molecular flexibility index (Phi) is 7.41. The van der Waals surface area contributed by atoms with Gasteiger partial charge in [-0.15, -0.1) is 0 Å². The largest absolute Gasteiger partial charge is 0.489 e. The summed E-state index contributed by atoms with van der Waals surface area (Å²) < 4.78 is 18.9. The van der Waals surface area contributed by atoms with Crippen LogP contribution in [0, 0.1) is 17.7 Å². The Morgan fingerprint density at radius 2 is 2.06 bits per heavy atom. The quantitative estimate of drug-likeness (QED) is 0.481. The van der Waals surface area contributed by atoms with Crippen molar-refractivity contribution in [2.75, 3.05) is 25.2 Å². The van der Waals surface area contributed by atoms with E-state index in [1.54, 1.807) is 24.3 Å². The molecule has 1 aliphatic heterocycles. The molecule has 0 bridgehead atoms. The fraction of sp³-hybridized carbons (Fsp3) is 0.261. The molecule has 0 fully saturated rings. The van der Waals surface area contributed by atoms with Gasteiger partial charge < -0.3 is 25.4 Å². The lowest BCUT2D eigenvalue weighted by atomic mass is 10.1. The Balaban J connectivity index is 1.64. The first-order valence-corrected chi connectivity index (χ1v) is 9.86. The number of nitrogens with one attached hydrogen (secondary N) is 2. The van der Waals surface area contributed by atoms with Crippen molar-refractivity contribution in [3.63, 3.8) is 0 Å². The Morgan fingerprint density at radius 3 is 2.81 bits per heavy atom. The third-order valence-corrected chi connectivity index (χ3v) is 4.68. The maximum absolute atomic E-state index is 13.2. The molecule has 1 aliphatic rings. The molecule has 3 N–H and O–H groups in total. The smallest absolute Gasteiger partial charge is 0.310 e. The number of ether oxygens (including phenoxy) is 1. The number of nitrogens with zero attached hydrogens (tertiary/aromatic N) is 1. The lowest BCUT2D eigenvalue weighted by molar-refractivity contribution is -0.140. The summed E-state index contributed by atoms with van der Waals surface area (Å²) in [5.74, 6) is 3.26. The van der Waals surface area contributed by atoms with Crippen LogP contribution in [0.5, 0.6) is 5.75 Å². The number of hydrogen-bond donors (Lipinski definition) is 3. The predicted octanol–water partition coefficient (Wildman–Crippen LogP) is 0.716. The van der Waals surface area contributed by atoms with E-state index in [-0.39, 0.29) is 19.8 Å². The van der Waals surface area contributed by atoms with E-state index in [1.807, 2.05) is 0 Å². The minimum Gasteiger partial charge on any atom is -0.489 e. The highest BCUT2D eigenvalue weighted by atomic mass is 19.1. The number of fused-ring (bicyclic) bond motifs is 1. The van der Waals surface area contributed by atoms with Gasteiger partial charge in [0.25, 0.3) is 5.91 Å². The van der Waals surface area contributed by atoms with E-state index < -0.39 is 29.6 Å². The number of likely N-dealkylation sites (N-methyl/N-ethyl adjacent to an activating group) is 1. The maximum atomic E-state index is 13.2. The molecular weight excluding hydrogens is 417 g/mol. The summed E-state index contributed by atoms with van der Waals surface area (Å²) in [6.07, 6.45) is 0.331. The third kappa shape index (κ3) is 5.62. The molecule has 0 aliphatic carbocycles. The molecule has 3 amide bonds. The van der Waals surface area contributed by atoms with Crippen molar-refractivity contribution in [2.45, 2.75) is 19.0 Å². The van der Waals surface area contributed by atoms with Gasteiger partial charge in [-0.05, 0) is 35.9 Å². The number of carbonyl (C=O) groups excluding carboxylic acids is 3. The van der Waals surface area contributed by atoms with Gasteiger partial charge in [0.15, 0.2) is 0 Å². The van der Waals surface area contributed by atoms with E-state index in [2.05, 4.69) is 22.5 Å². The first-order valence-electron chi connectivity index (χ1n) is 9.86. The average molecular weight is 439 g/mol. The van der Waals surface area contributed by atoms with Crippen molar-refractivity contribution in [3.05, 3.63) is 59.4 Å². The standard InChI is InChI=1S/C23H22FN3O5/c1-27-19-12-15(5-2-3-10-28)8-9-20(19)32-14-18(23(27)31)26-22(30)21(29)25-13-16-6-4-7-17(24)11-16/h4,6-9,11-12,18,28H,3,10,13-14H2,1H3,(H,25,29)(H,26,30)/t18-/m0/s1. The van der Waals surface area contributed by atoms with E-state index in [4.69, 9.17) is 9.84 Å². The SMILES string of the molecule is CN1C(=O)[C@@H](NC(=O)C(=O)NCc2cccc(F)c2)COc2ccc(C#CCCO)cc21. The van der Waals surface area contributed by atoms with Crippen molar-refractivity contribution >= 4 is 23.4 Å². The number of halogens is 1. The monoisotopic (exact) mass is 439 g/mol. The molecule has 0 spiro atoms. The van der Waals surface area contributed by atoms with Crippen LogP contribution in [0.4, 0.5) is 10.1 Å². The van der Waals surface area contributed by atoms with E-state index >= 15 is 0 Å². The molecule has 32 heavy (non-hydrogen) atoms. The molecule has 166 valence electrons. The predicted molar refractivity (Wildman–Crippen MR) is 114 cm³/mol. The molecule has 0 unspecified atom stereocenters. The number of hydrogen-bond acceptors (Lipinski definition) is 5. The highest BCUT2D eigenvalue weighted by Gasteiger charge is 2.32. The van der Waals surface area contributed by atoms with Gasteiger partial charge in [-0.2, -0.15) is 0 Å². The summed E-state index contributed by atoms with van der Waals surface area (Å²) in [5, 5.41) is 13.6. The molecule has 0 saturated carbocycles. The first-order chi connectivity index (χ1) is 15.4. The summed E-state index contributed by atoms with van der Waals surface area (Å²) in [6.45, 7) is -0.240. The number of aliphatic hydroxyl groups excluding tert-OH is 1. The highest BCUT2D eigenvalue weighted by Crippen LogP contribution is 2.31. The molecular formula is C23H22FN3O5. The number of benzene rings is 2. The van der Waals surface area contributed by atoms with Crippen LogP contribution in [0.25, 0.3) is 0 Å². The van der Waals surface area contributed by atoms with Crippen LogP contribution in [0.1, 0.15) is 17.5 Å². The highest BCUT2D eigenvalue weighted by molar-refractivity contribution is 6.35. The summed E-state index contributed by atoms with van der Waals surface area (Å²) in [4.78, 5) is 38.6. The van der Waals surface area contributed by atoms with Crippen LogP contribution < -0.4 is 20.3 Å². The average Bonchev–Trinajstić information content (AvgIpc) is 2.90. The fourth-order valence-electron chi connectivity index (χ4n) is 3.03. The fourth-order valence-corrected chi connectivity index (χ4v) is 3.03. The zero-order valence-corrected chi connectivity index (χ0v) is 17.4. The topological polar surface area (TPSA) is 108 Å². The van der Waals surface area contributed by atoms with Gasteiger partial charge in [-0.3, -0.25) is 14.4 Å². The van der Waals surface area contributed by atoms with Crippen LogP contribution in [-0.4, -0.2) is 49.1 Å². The van der Waals surface area contributed by atoms with E-state index in [9.17, 15) is 18.8 Å². The van der Waals surface area contributed by atoms with E-state index in [0.29, 0.717) is 29.0 Å². The molecule has 2 aromatic carbocycles. The van der Waals surface area contributed by atoms with E-state index in [0.717, 1.165) is 0 Å². The van der Waals surface area contributed by atoms with Gasteiger partial charge in [0.05, 0.1) is 12.3 Å². The lowest BCUT2D eigenvalue weighted by Crippen LogP contribution is -2.52. The zero-order chi connectivity index (χ0) is 23.1. The number of anilines is 1. The van der Waals surface area contributed by atoms with Crippen LogP contribution in [0.3, 0.4) is 0 Å². The van der Waals surface area contributed by atoms with Gasteiger partial charge in [0, 0.05) is 25.6 Å². The Bertz CT molecular complexity index is 1090. The molecule has 1 atom stereocenters. The van der Waals surface area contributed by atoms with Crippen molar-refractivity contribution < 1.29 is 28.6 Å². The number of aliphatic hydroxyl groups is 1. The molecule has 2 aromatic rings. The summed E-state index contributed by atoms with van der Waals surface area (Å²) in [7, 11) is 1.53. The van der Waals surface area contributed by atoms with Gasteiger partial charge in [-0.25, -0.2) is 4.39 Å². The minimum absolute atomic E-state index is 0.0371. The summed E-state index contributed by atoms with van der Waals surface area (Å²) in [5.41, 5.74) is 1.60. The summed E-state index contributed by atoms with van der Waals surface area (Å²) in [6, 6.07) is 9.60. The van der Waals surface area contributed by atoms with Gasteiger partial charge in [0.2, 0.25) is 0 Å². The van der Waals surface area contributed by atoms with Crippen LogP contribution in [0.15, 0.2) is 42.5 Å². The molecule has 8 nitrogen and oxygen atoms in total. The van der Waals surface area contributed by atoms with Crippen LogP contribution >= 0.6 is 0 Å². The number of rotatable bonds is 4. The third-order valence-electron chi connectivity index (χ3n) is 4.68. The first kappa shape index (κ1) is 22.8. The lowest BCUT2D eigenvalue weighted by Gasteiger charge is -2.20. The van der Waals surface area contributed by atoms with Crippen molar-refractivity contribution in [2.24, 2.45) is 0 Å². The van der Waals surface area contributed by atoms with Crippen LogP contribution in [0.2, 0.25) is 0 Å². The van der Waals surface area contributed by atoms with Crippen molar-refractivity contribution in [3.8, 4) is 17.6 Å². The molecule has 9 heteroatoms. The number of amides is 3. The minimum atomic E-state index is -1.08. The Labute approximate surface area is 184 Å². The second-order valence-electron chi connectivity index (χ2n) is 7.00.